The van der Waals surface area contributed by atoms with E-state index in [1.807, 2.05) is 12.3 Å². The fourth-order valence-corrected chi connectivity index (χ4v) is 1.91. The molecule has 1 heterocycles. The topological polar surface area (TPSA) is 24.9 Å². The Labute approximate surface area is 85.7 Å². The molecule has 1 aromatic heterocycles. The van der Waals surface area contributed by atoms with Crippen molar-refractivity contribution in [1.29, 1.82) is 0 Å². The Morgan fingerprint density at radius 1 is 1.50 bits per heavy atom. The summed E-state index contributed by atoms with van der Waals surface area (Å²) < 4.78 is 0. The van der Waals surface area contributed by atoms with E-state index in [1.165, 1.54) is 24.8 Å². The lowest BCUT2D eigenvalue weighted by atomic mass is 9.80. The van der Waals surface area contributed by atoms with Crippen molar-refractivity contribution in [3.63, 3.8) is 0 Å². The maximum atomic E-state index is 4.31. The molecule has 0 amide bonds. The Kier molecular flexibility index (Phi) is 2.71. The van der Waals surface area contributed by atoms with Gasteiger partial charge in [-0.05, 0) is 50.3 Å². The van der Waals surface area contributed by atoms with E-state index >= 15 is 0 Å². The van der Waals surface area contributed by atoms with Crippen molar-refractivity contribution < 1.29 is 0 Å². The minimum atomic E-state index is 0.568. The van der Waals surface area contributed by atoms with Crippen LogP contribution in [0.3, 0.4) is 0 Å². The second-order valence-corrected chi connectivity index (χ2v) is 4.34. The Bertz CT molecular complexity index is 305. The summed E-state index contributed by atoms with van der Waals surface area (Å²) in [6, 6.07) is 4.70. The van der Waals surface area contributed by atoms with Gasteiger partial charge >= 0.3 is 0 Å². The number of aryl methyl sites for hydroxylation is 1. The van der Waals surface area contributed by atoms with E-state index < -0.39 is 0 Å². The molecule has 1 fully saturated rings. The van der Waals surface area contributed by atoms with Gasteiger partial charge in [-0.1, -0.05) is 6.42 Å². The number of aromatic nitrogens is 1. The zero-order valence-electron chi connectivity index (χ0n) is 8.96. The Balaban J connectivity index is 1.95. The largest absolute Gasteiger partial charge is 0.367 e. The fourth-order valence-electron chi connectivity index (χ4n) is 1.91. The molecule has 2 rings (SSSR count). The molecule has 14 heavy (non-hydrogen) atoms. The van der Waals surface area contributed by atoms with Crippen molar-refractivity contribution in [2.24, 2.45) is 5.92 Å². The summed E-state index contributed by atoms with van der Waals surface area (Å²) in [4.78, 5) is 4.31. The zero-order valence-corrected chi connectivity index (χ0v) is 8.96. The molecule has 0 aromatic carbocycles. The van der Waals surface area contributed by atoms with Gasteiger partial charge in [-0.3, -0.25) is 0 Å². The minimum absolute atomic E-state index is 0.568. The van der Waals surface area contributed by atoms with Crippen LogP contribution in [-0.4, -0.2) is 11.0 Å². The molecule has 1 atom stereocenters. The van der Waals surface area contributed by atoms with E-state index in [9.17, 15) is 0 Å². The molecule has 1 N–H and O–H groups in total. The number of hydrogen-bond donors (Lipinski definition) is 1. The molecular formula is C12H18N2. The van der Waals surface area contributed by atoms with E-state index in [4.69, 9.17) is 0 Å². The Morgan fingerprint density at radius 3 is 2.86 bits per heavy atom. The number of anilines is 1. The van der Waals surface area contributed by atoms with Crippen LogP contribution in [0, 0.1) is 12.8 Å². The first-order chi connectivity index (χ1) is 6.75. The lowest BCUT2D eigenvalue weighted by Crippen LogP contribution is -2.31. The highest BCUT2D eigenvalue weighted by Gasteiger charge is 2.23. The van der Waals surface area contributed by atoms with E-state index in [1.54, 1.807) is 0 Å². The van der Waals surface area contributed by atoms with Gasteiger partial charge in [-0.25, -0.2) is 4.98 Å². The summed E-state index contributed by atoms with van der Waals surface area (Å²) in [7, 11) is 0. The van der Waals surface area contributed by atoms with Crippen LogP contribution in [0.4, 0.5) is 5.82 Å². The number of hydrogen-bond acceptors (Lipinski definition) is 2. The summed E-state index contributed by atoms with van der Waals surface area (Å²) in [6.07, 6.45) is 6.02. The SMILES string of the molecule is Cc1ccnc(N[C@H](C)C2CCC2)c1. The van der Waals surface area contributed by atoms with Crippen molar-refractivity contribution in [1.82, 2.24) is 4.98 Å². The predicted octanol–water partition coefficient (Wildman–Crippen LogP) is 2.99. The molecule has 0 aliphatic heterocycles. The van der Waals surface area contributed by atoms with Gasteiger partial charge in [-0.2, -0.15) is 0 Å². The van der Waals surface area contributed by atoms with Crippen molar-refractivity contribution >= 4 is 5.82 Å². The standard InChI is InChI=1S/C12H18N2/c1-9-6-7-13-12(8-9)14-10(2)11-4-3-5-11/h6-8,10-11H,3-5H2,1-2H3,(H,13,14)/t10-/m1/s1. The predicted molar refractivity (Wildman–Crippen MR) is 59.4 cm³/mol. The van der Waals surface area contributed by atoms with Crippen molar-refractivity contribution in [2.45, 2.75) is 39.2 Å². The molecule has 2 heteroatoms. The van der Waals surface area contributed by atoms with Crippen LogP contribution in [0.2, 0.25) is 0 Å². The molecule has 2 nitrogen and oxygen atoms in total. The van der Waals surface area contributed by atoms with Gasteiger partial charge in [0.05, 0.1) is 0 Å². The van der Waals surface area contributed by atoms with Gasteiger partial charge in [0.25, 0.3) is 0 Å². The highest BCUT2D eigenvalue weighted by atomic mass is 15.0. The molecule has 1 aliphatic carbocycles. The Hall–Kier alpha value is -1.05. The minimum Gasteiger partial charge on any atom is -0.367 e. The van der Waals surface area contributed by atoms with E-state index in [0.717, 1.165) is 11.7 Å². The lowest BCUT2D eigenvalue weighted by molar-refractivity contribution is 0.285. The van der Waals surface area contributed by atoms with Crippen LogP contribution >= 0.6 is 0 Å². The molecular weight excluding hydrogens is 172 g/mol. The molecule has 0 bridgehead atoms. The second kappa shape index (κ2) is 3.99. The van der Waals surface area contributed by atoms with Crippen LogP contribution in [0.25, 0.3) is 0 Å². The van der Waals surface area contributed by atoms with E-state index in [-0.39, 0.29) is 0 Å². The summed E-state index contributed by atoms with van der Waals surface area (Å²) in [6.45, 7) is 4.36. The molecule has 0 spiro atoms. The molecule has 1 aromatic rings. The van der Waals surface area contributed by atoms with E-state index in [2.05, 4.69) is 30.2 Å². The third kappa shape index (κ3) is 2.06. The number of nitrogens with zero attached hydrogens (tertiary/aromatic N) is 1. The zero-order chi connectivity index (χ0) is 9.97. The first kappa shape index (κ1) is 9.50. The van der Waals surface area contributed by atoms with Crippen LogP contribution in [-0.2, 0) is 0 Å². The fraction of sp³-hybridized carbons (Fsp3) is 0.583. The maximum absolute atomic E-state index is 4.31. The van der Waals surface area contributed by atoms with Gasteiger partial charge in [0, 0.05) is 12.2 Å². The number of pyridine rings is 1. The van der Waals surface area contributed by atoms with Crippen LogP contribution < -0.4 is 5.32 Å². The quantitative estimate of drug-likeness (QED) is 0.792. The second-order valence-electron chi connectivity index (χ2n) is 4.34. The maximum Gasteiger partial charge on any atom is 0.126 e. The summed E-state index contributed by atoms with van der Waals surface area (Å²) in [5, 5.41) is 3.47. The van der Waals surface area contributed by atoms with Gasteiger partial charge in [-0.15, -0.1) is 0 Å². The number of nitrogens with one attached hydrogen (secondary N) is 1. The summed E-state index contributed by atoms with van der Waals surface area (Å²) in [5.41, 5.74) is 1.27. The molecule has 1 aliphatic rings. The smallest absolute Gasteiger partial charge is 0.126 e. The normalized spacial score (nSPS) is 18.7. The van der Waals surface area contributed by atoms with Crippen LogP contribution in [0.5, 0.6) is 0 Å². The van der Waals surface area contributed by atoms with Crippen molar-refractivity contribution in [3.8, 4) is 0 Å². The van der Waals surface area contributed by atoms with Gasteiger partial charge in [0.15, 0.2) is 0 Å². The highest BCUT2D eigenvalue weighted by molar-refractivity contribution is 5.38. The lowest BCUT2D eigenvalue weighted by Gasteiger charge is -2.32. The number of rotatable bonds is 3. The van der Waals surface area contributed by atoms with Crippen molar-refractivity contribution in [2.75, 3.05) is 5.32 Å². The third-order valence-electron chi connectivity index (χ3n) is 3.15. The summed E-state index contributed by atoms with van der Waals surface area (Å²) in [5.74, 6) is 1.88. The molecule has 76 valence electrons. The highest BCUT2D eigenvalue weighted by Crippen LogP contribution is 2.30. The Morgan fingerprint density at radius 2 is 2.29 bits per heavy atom. The monoisotopic (exact) mass is 190 g/mol. The van der Waals surface area contributed by atoms with Crippen LogP contribution in [0.1, 0.15) is 31.7 Å². The summed E-state index contributed by atoms with van der Waals surface area (Å²) >= 11 is 0. The third-order valence-corrected chi connectivity index (χ3v) is 3.15. The molecule has 0 radical (unpaired) electrons. The average Bonchev–Trinajstić information content (AvgIpc) is 1.99. The molecule has 0 unspecified atom stereocenters. The van der Waals surface area contributed by atoms with Gasteiger partial charge in [0.1, 0.15) is 5.82 Å². The van der Waals surface area contributed by atoms with Crippen LogP contribution in [0.15, 0.2) is 18.3 Å². The van der Waals surface area contributed by atoms with E-state index in [0.29, 0.717) is 6.04 Å². The van der Waals surface area contributed by atoms with Gasteiger partial charge in [0.2, 0.25) is 0 Å². The first-order valence-electron chi connectivity index (χ1n) is 5.45. The van der Waals surface area contributed by atoms with Gasteiger partial charge < -0.3 is 5.32 Å². The first-order valence-corrected chi connectivity index (χ1v) is 5.45. The average molecular weight is 190 g/mol. The molecule has 0 saturated heterocycles. The molecule has 1 saturated carbocycles. The van der Waals surface area contributed by atoms with Crippen molar-refractivity contribution in [3.05, 3.63) is 23.9 Å².